The van der Waals surface area contributed by atoms with Crippen LogP contribution in [0.4, 0.5) is 5.82 Å². The molecule has 0 saturated carbocycles. The summed E-state index contributed by atoms with van der Waals surface area (Å²) in [5.74, 6) is 5.81. The number of hydrogen-bond acceptors (Lipinski definition) is 5. The van der Waals surface area contributed by atoms with Gasteiger partial charge in [-0.2, -0.15) is 0 Å². The molecule has 0 aliphatic carbocycles. The number of anilines is 1. The first-order chi connectivity index (χ1) is 10.5. The van der Waals surface area contributed by atoms with E-state index >= 15 is 0 Å². The smallest absolute Gasteiger partial charge is 0.257 e. The van der Waals surface area contributed by atoms with Crippen molar-refractivity contribution in [3.63, 3.8) is 0 Å². The Balaban J connectivity index is 2.23. The summed E-state index contributed by atoms with van der Waals surface area (Å²) in [6, 6.07) is 7.44. The number of rotatable bonds is 3. The number of carbonyl (C=O) groups is 1. The first-order valence-corrected chi connectivity index (χ1v) is 7.15. The summed E-state index contributed by atoms with van der Waals surface area (Å²) in [7, 11) is 0. The molecule has 0 unspecified atom stereocenters. The largest absolute Gasteiger partial charge is 0.383 e. The lowest BCUT2D eigenvalue weighted by molar-refractivity contribution is 0.0941. The van der Waals surface area contributed by atoms with Gasteiger partial charge >= 0.3 is 0 Å². The minimum atomic E-state index is -0.286. The Kier molecular flexibility index (Phi) is 3.32. The third kappa shape index (κ3) is 2.11. The summed E-state index contributed by atoms with van der Waals surface area (Å²) in [4.78, 5) is 21.4. The van der Waals surface area contributed by atoms with Gasteiger partial charge in [-0.25, -0.2) is 14.6 Å². The first kappa shape index (κ1) is 14.1. The first-order valence-electron chi connectivity index (χ1n) is 7.15. The lowest BCUT2D eigenvalue weighted by Crippen LogP contribution is -2.32. The van der Waals surface area contributed by atoms with Crippen LogP contribution in [0.5, 0.6) is 0 Å². The van der Waals surface area contributed by atoms with E-state index in [4.69, 9.17) is 11.6 Å². The van der Waals surface area contributed by atoms with E-state index in [1.165, 1.54) is 4.68 Å². The van der Waals surface area contributed by atoms with Crippen molar-refractivity contribution in [2.45, 2.75) is 26.3 Å². The highest BCUT2D eigenvalue weighted by Crippen LogP contribution is 2.25. The normalized spacial score (nSPS) is 12.6. The Morgan fingerprint density at radius 3 is 2.59 bits per heavy atom. The van der Waals surface area contributed by atoms with Gasteiger partial charge < -0.3 is 16.9 Å². The molecular formula is C15H18N6O. The zero-order valence-electron chi connectivity index (χ0n) is 12.5. The van der Waals surface area contributed by atoms with Gasteiger partial charge in [-0.15, -0.1) is 0 Å². The summed E-state index contributed by atoms with van der Waals surface area (Å²) >= 11 is 0. The molecule has 114 valence electrons. The second-order valence-corrected chi connectivity index (χ2v) is 5.30. The fraction of sp³-hybridized carbons (Fsp3) is 0.267. The summed E-state index contributed by atoms with van der Waals surface area (Å²) in [6.07, 6.45) is 0.821. The molecule has 2 heterocycles. The van der Waals surface area contributed by atoms with Crippen molar-refractivity contribution in [3.8, 4) is 0 Å². The molecule has 1 aromatic carbocycles. The lowest BCUT2D eigenvalue weighted by atomic mass is 10.2. The van der Waals surface area contributed by atoms with E-state index < -0.39 is 0 Å². The highest BCUT2D eigenvalue weighted by Gasteiger charge is 2.23. The molecule has 3 rings (SSSR count). The highest BCUT2D eigenvalue weighted by molar-refractivity contribution is 6.10. The third-order valence-electron chi connectivity index (χ3n) is 3.75. The number of nitrogens with one attached hydrogen (secondary N) is 1. The Morgan fingerprint density at radius 2 is 1.95 bits per heavy atom. The zero-order chi connectivity index (χ0) is 15.9. The monoisotopic (exact) mass is 298 g/mol. The van der Waals surface area contributed by atoms with Crippen LogP contribution in [0, 0.1) is 0 Å². The van der Waals surface area contributed by atoms with Gasteiger partial charge in [0.25, 0.3) is 5.91 Å². The van der Waals surface area contributed by atoms with E-state index in [1.54, 1.807) is 0 Å². The predicted molar refractivity (Wildman–Crippen MR) is 86.8 cm³/mol. The van der Waals surface area contributed by atoms with Crippen LogP contribution in [-0.2, 0) is 0 Å². The van der Waals surface area contributed by atoms with Gasteiger partial charge in [0.1, 0.15) is 16.9 Å². The molecule has 2 aromatic heterocycles. The van der Waals surface area contributed by atoms with Gasteiger partial charge in [-0.05, 0) is 25.5 Å². The molecule has 0 bridgehead atoms. The molecule has 3 aromatic rings. The minimum absolute atomic E-state index is 0.0384. The molecule has 0 aliphatic heterocycles. The standard InChI is InChI=1S/C15H18N6O/c1-3-8(2)18-15(22)11-12-14(21(17)13(11)16)20-10-7-5-4-6-9(10)19-12/h4-8H,3,16-17H2,1-2H3,(H,18,22)/t8-/m0/s1. The van der Waals surface area contributed by atoms with Gasteiger partial charge in [0, 0.05) is 6.04 Å². The molecule has 1 atom stereocenters. The number of fused-ring (bicyclic) bond motifs is 2. The van der Waals surface area contributed by atoms with E-state index in [2.05, 4.69) is 15.3 Å². The molecule has 1 amide bonds. The molecule has 7 heteroatoms. The Hall–Kier alpha value is -2.83. The average Bonchev–Trinajstić information content (AvgIpc) is 2.76. The fourth-order valence-corrected chi connectivity index (χ4v) is 2.30. The number of amides is 1. The number of nitrogens with zero attached hydrogens (tertiary/aromatic N) is 3. The van der Waals surface area contributed by atoms with Crippen molar-refractivity contribution in [2.75, 3.05) is 11.6 Å². The summed E-state index contributed by atoms with van der Waals surface area (Å²) in [6.45, 7) is 3.92. The summed E-state index contributed by atoms with van der Waals surface area (Å²) in [5.41, 5.74) is 8.47. The minimum Gasteiger partial charge on any atom is -0.383 e. The van der Waals surface area contributed by atoms with Gasteiger partial charge in [0.2, 0.25) is 0 Å². The average molecular weight is 298 g/mol. The number of nitrogens with two attached hydrogens (primary N) is 2. The zero-order valence-corrected chi connectivity index (χ0v) is 12.5. The number of hydrogen-bond donors (Lipinski definition) is 3. The number of benzene rings is 1. The second-order valence-electron chi connectivity index (χ2n) is 5.30. The molecule has 0 radical (unpaired) electrons. The van der Waals surface area contributed by atoms with Crippen molar-refractivity contribution >= 4 is 33.9 Å². The van der Waals surface area contributed by atoms with Crippen molar-refractivity contribution in [2.24, 2.45) is 0 Å². The van der Waals surface area contributed by atoms with Gasteiger partial charge in [0.05, 0.1) is 11.0 Å². The molecule has 5 N–H and O–H groups in total. The van der Waals surface area contributed by atoms with Crippen LogP contribution in [0.15, 0.2) is 24.3 Å². The van der Waals surface area contributed by atoms with Crippen LogP contribution in [0.2, 0.25) is 0 Å². The molecule has 7 nitrogen and oxygen atoms in total. The predicted octanol–water partition coefficient (Wildman–Crippen LogP) is 1.41. The maximum atomic E-state index is 12.5. The number of carbonyl (C=O) groups excluding carboxylic acids is 1. The SMILES string of the molecule is CC[C@H](C)NC(=O)c1c(N)n(N)c2nc3ccccc3nc12. The van der Waals surface area contributed by atoms with Crippen molar-refractivity contribution in [1.29, 1.82) is 0 Å². The van der Waals surface area contributed by atoms with E-state index in [1.807, 2.05) is 38.1 Å². The number of aromatic nitrogens is 3. The van der Waals surface area contributed by atoms with Crippen LogP contribution in [0.1, 0.15) is 30.6 Å². The summed E-state index contributed by atoms with van der Waals surface area (Å²) in [5, 5.41) is 2.88. The van der Waals surface area contributed by atoms with Crippen LogP contribution < -0.4 is 16.9 Å². The second kappa shape index (κ2) is 5.18. The number of nitrogen functional groups attached to an aromatic ring is 2. The Morgan fingerprint density at radius 1 is 1.32 bits per heavy atom. The Labute approximate surface area is 127 Å². The quantitative estimate of drug-likeness (QED) is 0.633. The molecule has 0 saturated heterocycles. The molecule has 0 spiro atoms. The van der Waals surface area contributed by atoms with E-state index in [0.717, 1.165) is 6.42 Å². The van der Waals surface area contributed by atoms with E-state index in [9.17, 15) is 4.79 Å². The highest BCUT2D eigenvalue weighted by atomic mass is 16.1. The molecule has 22 heavy (non-hydrogen) atoms. The third-order valence-corrected chi connectivity index (χ3v) is 3.75. The maximum Gasteiger partial charge on any atom is 0.257 e. The molecule has 0 fully saturated rings. The van der Waals surface area contributed by atoms with E-state index in [-0.39, 0.29) is 23.3 Å². The van der Waals surface area contributed by atoms with Crippen LogP contribution in [0.25, 0.3) is 22.2 Å². The van der Waals surface area contributed by atoms with E-state index in [0.29, 0.717) is 22.2 Å². The topological polar surface area (TPSA) is 112 Å². The molecular weight excluding hydrogens is 280 g/mol. The molecule has 0 aliphatic rings. The van der Waals surface area contributed by atoms with Gasteiger partial charge in [-0.3, -0.25) is 4.79 Å². The van der Waals surface area contributed by atoms with Crippen LogP contribution >= 0.6 is 0 Å². The Bertz CT molecular complexity index is 869. The van der Waals surface area contributed by atoms with Gasteiger partial charge in [-0.1, -0.05) is 19.1 Å². The lowest BCUT2D eigenvalue weighted by Gasteiger charge is -2.11. The van der Waals surface area contributed by atoms with Crippen molar-refractivity contribution < 1.29 is 4.79 Å². The van der Waals surface area contributed by atoms with Gasteiger partial charge in [0.15, 0.2) is 5.65 Å². The maximum absolute atomic E-state index is 12.5. The fourth-order valence-electron chi connectivity index (χ4n) is 2.30. The number of para-hydroxylation sites is 2. The van der Waals surface area contributed by atoms with Crippen molar-refractivity contribution in [1.82, 2.24) is 20.0 Å². The van der Waals surface area contributed by atoms with Crippen molar-refractivity contribution in [3.05, 3.63) is 29.8 Å². The summed E-state index contributed by atoms with van der Waals surface area (Å²) < 4.78 is 1.21. The van der Waals surface area contributed by atoms with Crippen LogP contribution in [0.3, 0.4) is 0 Å². The van der Waals surface area contributed by atoms with Crippen LogP contribution in [-0.4, -0.2) is 26.6 Å².